The average molecular weight is 371 g/mol. The molecule has 0 atom stereocenters. The molecule has 0 bridgehead atoms. The maximum atomic E-state index is 12.6. The van der Waals surface area contributed by atoms with Gasteiger partial charge < -0.3 is 10.6 Å². The van der Waals surface area contributed by atoms with E-state index in [0.29, 0.717) is 30.3 Å². The van der Waals surface area contributed by atoms with Gasteiger partial charge in [-0.05, 0) is 54.2 Å². The van der Waals surface area contributed by atoms with Crippen molar-refractivity contribution < 1.29 is 9.59 Å². The first-order valence-corrected chi connectivity index (χ1v) is 9.23. The topological polar surface area (TPSA) is 58.2 Å². The summed E-state index contributed by atoms with van der Waals surface area (Å²) in [6, 6.07) is 15.1. The second-order valence-electron chi connectivity index (χ2n) is 7.12. The number of benzene rings is 2. The zero-order valence-corrected chi connectivity index (χ0v) is 15.8. The molecule has 5 heteroatoms. The molecular formula is C21H23ClN2O2. The van der Waals surface area contributed by atoms with Gasteiger partial charge in [-0.25, -0.2) is 0 Å². The van der Waals surface area contributed by atoms with Gasteiger partial charge in [0.05, 0.1) is 0 Å². The van der Waals surface area contributed by atoms with Crippen LogP contribution in [-0.4, -0.2) is 11.8 Å². The number of anilines is 1. The van der Waals surface area contributed by atoms with Crippen LogP contribution in [0.15, 0.2) is 48.5 Å². The highest BCUT2D eigenvalue weighted by Gasteiger charge is 2.56. The molecule has 1 saturated carbocycles. The first kappa shape index (κ1) is 18.5. The van der Waals surface area contributed by atoms with E-state index in [0.717, 1.165) is 11.3 Å². The average Bonchev–Trinajstić information content (AvgIpc) is 3.43. The van der Waals surface area contributed by atoms with Crippen molar-refractivity contribution in [3.05, 3.63) is 64.7 Å². The van der Waals surface area contributed by atoms with E-state index < -0.39 is 5.41 Å². The van der Waals surface area contributed by atoms with Crippen LogP contribution in [0.1, 0.15) is 43.7 Å². The summed E-state index contributed by atoms with van der Waals surface area (Å²) in [5, 5.41) is 6.40. The minimum atomic E-state index is -0.941. The fourth-order valence-corrected chi connectivity index (χ4v) is 2.96. The number of carbonyl (C=O) groups excluding carboxylic acids is 2. The molecule has 0 aliphatic heterocycles. The number of halogens is 1. The van der Waals surface area contributed by atoms with E-state index in [1.807, 2.05) is 36.4 Å². The molecule has 0 saturated heterocycles. The van der Waals surface area contributed by atoms with Crippen LogP contribution in [0.4, 0.5) is 5.69 Å². The number of hydrogen-bond donors (Lipinski definition) is 2. The molecule has 0 heterocycles. The lowest BCUT2D eigenvalue weighted by molar-refractivity contribution is -0.134. The summed E-state index contributed by atoms with van der Waals surface area (Å²) < 4.78 is 0. The second kappa shape index (κ2) is 7.50. The van der Waals surface area contributed by atoms with E-state index in [9.17, 15) is 9.59 Å². The van der Waals surface area contributed by atoms with Gasteiger partial charge in [0.2, 0.25) is 11.8 Å². The summed E-state index contributed by atoms with van der Waals surface area (Å²) in [5.74, 6) is -0.0136. The molecule has 0 aromatic heterocycles. The highest BCUT2D eigenvalue weighted by molar-refractivity contribution is 6.30. The second-order valence-corrected chi connectivity index (χ2v) is 7.56. The van der Waals surface area contributed by atoms with E-state index in [1.165, 1.54) is 5.56 Å². The lowest BCUT2D eigenvalue weighted by Gasteiger charge is -2.16. The molecule has 26 heavy (non-hydrogen) atoms. The number of hydrogen-bond acceptors (Lipinski definition) is 2. The highest BCUT2D eigenvalue weighted by atomic mass is 35.5. The SMILES string of the molecule is CC(C)c1ccc(NC(=O)C2(C(=O)NCc3ccc(Cl)cc3)CC2)cc1. The summed E-state index contributed by atoms with van der Waals surface area (Å²) in [7, 11) is 0. The maximum absolute atomic E-state index is 12.6. The monoisotopic (exact) mass is 370 g/mol. The number of carbonyl (C=O) groups is 2. The highest BCUT2D eigenvalue weighted by Crippen LogP contribution is 2.47. The predicted octanol–water partition coefficient (Wildman–Crippen LogP) is 4.50. The van der Waals surface area contributed by atoms with Gasteiger partial charge in [0, 0.05) is 17.3 Å². The Morgan fingerprint density at radius 2 is 1.62 bits per heavy atom. The molecule has 4 nitrogen and oxygen atoms in total. The van der Waals surface area contributed by atoms with E-state index in [4.69, 9.17) is 11.6 Å². The predicted molar refractivity (Wildman–Crippen MR) is 104 cm³/mol. The van der Waals surface area contributed by atoms with E-state index >= 15 is 0 Å². The van der Waals surface area contributed by atoms with Gasteiger partial charge in [0.25, 0.3) is 0 Å². The fourth-order valence-electron chi connectivity index (χ4n) is 2.84. The summed E-state index contributed by atoms with van der Waals surface area (Å²) in [6.45, 7) is 4.63. The van der Waals surface area contributed by atoms with E-state index in [-0.39, 0.29) is 11.8 Å². The first-order valence-electron chi connectivity index (χ1n) is 8.85. The first-order chi connectivity index (χ1) is 12.4. The van der Waals surface area contributed by atoms with E-state index in [1.54, 1.807) is 12.1 Å². The minimum Gasteiger partial charge on any atom is -0.351 e. The van der Waals surface area contributed by atoms with E-state index in [2.05, 4.69) is 24.5 Å². The standard InChI is InChI=1S/C21H23ClN2O2/c1-14(2)16-5-9-18(10-6-16)24-20(26)21(11-12-21)19(25)23-13-15-3-7-17(22)8-4-15/h3-10,14H,11-13H2,1-2H3,(H,23,25)(H,24,26). The Balaban J connectivity index is 1.59. The zero-order chi connectivity index (χ0) is 18.7. The van der Waals surface area contributed by atoms with Gasteiger partial charge in [-0.3, -0.25) is 9.59 Å². The van der Waals surface area contributed by atoms with Crippen molar-refractivity contribution >= 4 is 29.1 Å². The molecule has 0 unspecified atom stereocenters. The zero-order valence-electron chi connectivity index (χ0n) is 15.0. The Morgan fingerprint density at radius 3 is 2.15 bits per heavy atom. The number of rotatable bonds is 6. The lowest BCUT2D eigenvalue weighted by atomic mass is 10.0. The molecule has 2 aromatic carbocycles. The van der Waals surface area contributed by atoms with Crippen molar-refractivity contribution in [3.63, 3.8) is 0 Å². The van der Waals surface area contributed by atoms with Crippen LogP contribution >= 0.6 is 11.6 Å². The van der Waals surface area contributed by atoms with Crippen LogP contribution in [0, 0.1) is 5.41 Å². The fraction of sp³-hybridized carbons (Fsp3) is 0.333. The molecule has 3 rings (SSSR count). The quantitative estimate of drug-likeness (QED) is 0.735. The largest absolute Gasteiger partial charge is 0.351 e. The molecule has 1 fully saturated rings. The third-order valence-corrected chi connectivity index (χ3v) is 5.07. The molecule has 0 radical (unpaired) electrons. The van der Waals surface area contributed by atoms with Gasteiger partial charge in [-0.15, -0.1) is 0 Å². The van der Waals surface area contributed by atoms with Crippen molar-refractivity contribution in [2.75, 3.05) is 5.32 Å². The van der Waals surface area contributed by atoms with Crippen LogP contribution in [0.25, 0.3) is 0 Å². The molecule has 1 aliphatic carbocycles. The molecule has 0 spiro atoms. The summed E-state index contributed by atoms with van der Waals surface area (Å²) in [6.07, 6.45) is 1.16. The van der Waals surface area contributed by atoms with Gasteiger partial charge in [0.1, 0.15) is 5.41 Å². The van der Waals surface area contributed by atoms with Gasteiger partial charge >= 0.3 is 0 Å². The summed E-state index contributed by atoms with van der Waals surface area (Å²) in [5.41, 5.74) is 1.94. The van der Waals surface area contributed by atoms with Crippen molar-refractivity contribution in [1.29, 1.82) is 0 Å². The smallest absolute Gasteiger partial charge is 0.240 e. The normalized spacial score (nSPS) is 14.8. The van der Waals surface area contributed by atoms with Crippen LogP contribution in [0.5, 0.6) is 0 Å². The molecule has 2 N–H and O–H groups in total. The Labute approximate surface area is 158 Å². The molecular weight excluding hydrogens is 348 g/mol. The maximum Gasteiger partial charge on any atom is 0.240 e. The van der Waals surface area contributed by atoms with Crippen LogP contribution in [-0.2, 0) is 16.1 Å². The van der Waals surface area contributed by atoms with Crippen molar-refractivity contribution in [3.8, 4) is 0 Å². The van der Waals surface area contributed by atoms with Crippen molar-refractivity contribution in [2.24, 2.45) is 5.41 Å². The Hall–Kier alpha value is -2.33. The molecule has 2 amide bonds. The van der Waals surface area contributed by atoms with Crippen molar-refractivity contribution in [2.45, 2.75) is 39.2 Å². The Morgan fingerprint density at radius 1 is 1.00 bits per heavy atom. The summed E-state index contributed by atoms with van der Waals surface area (Å²) >= 11 is 5.86. The van der Waals surface area contributed by atoms with Gasteiger partial charge in [-0.1, -0.05) is 49.7 Å². The van der Waals surface area contributed by atoms with Crippen LogP contribution < -0.4 is 10.6 Å². The number of nitrogens with one attached hydrogen (secondary N) is 2. The molecule has 136 valence electrons. The van der Waals surface area contributed by atoms with Gasteiger partial charge in [-0.2, -0.15) is 0 Å². The Bertz CT molecular complexity index is 794. The molecule has 2 aromatic rings. The lowest BCUT2D eigenvalue weighted by Crippen LogP contribution is -2.39. The summed E-state index contributed by atoms with van der Waals surface area (Å²) in [4.78, 5) is 25.2. The van der Waals surface area contributed by atoms with Crippen LogP contribution in [0.2, 0.25) is 5.02 Å². The third-order valence-electron chi connectivity index (χ3n) is 4.82. The Kier molecular flexibility index (Phi) is 5.33. The third kappa shape index (κ3) is 4.07. The minimum absolute atomic E-state index is 0.219. The molecule has 1 aliphatic rings. The van der Waals surface area contributed by atoms with Crippen LogP contribution in [0.3, 0.4) is 0 Å². The van der Waals surface area contributed by atoms with Crippen molar-refractivity contribution in [1.82, 2.24) is 5.32 Å². The van der Waals surface area contributed by atoms with Gasteiger partial charge in [0.15, 0.2) is 0 Å². The number of amides is 2.